The van der Waals surface area contributed by atoms with Gasteiger partial charge in [0.15, 0.2) is 0 Å². The van der Waals surface area contributed by atoms with Crippen LogP contribution >= 0.6 is 0 Å². The highest BCUT2D eigenvalue weighted by molar-refractivity contribution is 6.05. The fourth-order valence-electron chi connectivity index (χ4n) is 4.93. The zero-order chi connectivity index (χ0) is 20.7. The Kier molecular flexibility index (Phi) is 5.33. The molecule has 3 amide bonds. The van der Waals surface area contributed by atoms with Gasteiger partial charge in [0.25, 0.3) is 5.91 Å². The third-order valence-electron chi connectivity index (χ3n) is 6.97. The van der Waals surface area contributed by atoms with Crippen LogP contribution in [0, 0.1) is 5.92 Å². The zero-order valence-corrected chi connectivity index (χ0v) is 17.4. The number of nitrogens with one attached hydrogen (secondary N) is 2. The van der Waals surface area contributed by atoms with E-state index in [2.05, 4.69) is 21.6 Å². The Balaban J connectivity index is 1.17. The van der Waals surface area contributed by atoms with Crippen molar-refractivity contribution in [3.63, 3.8) is 0 Å². The van der Waals surface area contributed by atoms with Crippen molar-refractivity contribution in [2.45, 2.75) is 63.7 Å². The maximum Gasteiger partial charge on any atom is 0.255 e. The molecule has 0 aromatic heterocycles. The van der Waals surface area contributed by atoms with Gasteiger partial charge in [0.05, 0.1) is 0 Å². The van der Waals surface area contributed by atoms with Crippen molar-refractivity contribution >= 4 is 17.7 Å². The van der Waals surface area contributed by atoms with Gasteiger partial charge in [-0.2, -0.15) is 0 Å². The molecule has 1 unspecified atom stereocenters. The van der Waals surface area contributed by atoms with Gasteiger partial charge in [0.2, 0.25) is 11.8 Å². The van der Waals surface area contributed by atoms with E-state index in [4.69, 9.17) is 0 Å². The lowest BCUT2D eigenvalue weighted by atomic mass is 10.0. The van der Waals surface area contributed by atoms with Crippen molar-refractivity contribution in [3.05, 3.63) is 34.9 Å². The van der Waals surface area contributed by atoms with Gasteiger partial charge in [-0.3, -0.25) is 24.6 Å². The Morgan fingerprint density at radius 1 is 1.03 bits per heavy atom. The van der Waals surface area contributed by atoms with Crippen molar-refractivity contribution in [3.8, 4) is 0 Å². The van der Waals surface area contributed by atoms with Crippen LogP contribution in [0.5, 0.6) is 0 Å². The van der Waals surface area contributed by atoms with E-state index in [1.54, 1.807) is 4.90 Å². The number of piperidine rings is 2. The van der Waals surface area contributed by atoms with Crippen LogP contribution in [-0.2, 0) is 22.7 Å². The highest BCUT2D eigenvalue weighted by Crippen LogP contribution is 2.29. The molecule has 3 aliphatic heterocycles. The summed E-state index contributed by atoms with van der Waals surface area (Å²) in [6.07, 6.45) is 5.87. The summed E-state index contributed by atoms with van der Waals surface area (Å²) in [5.74, 6) is 0.213. The minimum Gasteiger partial charge on any atom is -0.322 e. The SMILES string of the molecule is O=C1CCC(N2Cc3cc(CN4CCC(NCC5CC5)CC4)ccc3C2=O)C(=O)N1. The second-order valence-electron chi connectivity index (χ2n) is 9.29. The van der Waals surface area contributed by atoms with E-state index < -0.39 is 6.04 Å². The third kappa shape index (κ3) is 4.14. The standard InChI is InChI=1S/C23H30N4O3/c28-21-6-5-20(22(29)25-21)27-14-17-11-16(3-4-19(17)23(27)30)13-26-9-7-18(8-10-26)24-12-15-1-2-15/h3-4,11,15,18,20,24H,1-2,5-10,12-14H2,(H,25,28,29). The van der Waals surface area contributed by atoms with Crippen LogP contribution < -0.4 is 10.6 Å². The van der Waals surface area contributed by atoms with Gasteiger partial charge in [-0.25, -0.2) is 0 Å². The summed E-state index contributed by atoms with van der Waals surface area (Å²) in [4.78, 5) is 40.5. The van der Waals surface area contributed by atoms with Crippen LogP contribution in [0.25, 0.3) is 0 Å². The summed E-state index contributed by atoms with van der Waals surface area (Å²) >= 11 is 0. The van der Waals surface area contributed by atoms with E-state index in [9.17, 15) is 14.4 Å². The summed E-state index contributed by atoms with van der Waals surface area (Å²) in [7, 11) is 0. The van der Waals surface area contributed by atoms with Crippen LogP contribution in [-0.4, -0.2) is 59.2 Å². The number of nitrogens with zero attached hydrogens (tertiary/aromatic N) is 2. The molecular weight excluding hydrogens is 380 g/mol. The van der Waals surface area contributed by atoms with Gasteiger partial charge in [-0.15, -0.1) is 0 Å². The predicted octanol–water partition coefficient (Wildman–Crippen LogP) is 1.41. The average molecular weight is 411 g/mol. The topological polar surface area (TPSA) is 81.8 Å². The van der Waals surface area contributed by atoms with Gasteiger partial charge >= 0.3 is 0 Å². The molecule has 1 aliphatic carbocycles. The van der Waals surface area contributed by atoms with Crippen LogP contribution in [0.3, 0.4) is 0 Å². The number of benzene rings is 1. The second-order valence-corrected chi connectivity index (χ2v) is 9.29. The summed E-state index contributed by atoms with van der Waals surface area (Å²) in [6, 6.07) is 6.18. The lowest BCUT2D eigenvalue weighted by Crippen LogP contribution is -2.52. The number of amides is 3. The van der Waals surface area contributed by atoms with Gasteiger partial charge in [0.1, 0.15) is 6.04 Å². The van der Waals surface area contributed by atoms with Crippen LogP contribution in [0.1, 0.15) is 60.0 Å². The molecule has 0 radical (unpaired) electrons. The summed E-state index contributed by atoms with van der Waals surface area (Å²) in [5, 5.41) is 6.08. The molecule has 2 saturated heterocycles. The Morgan fingerprint density at radius 2 is 1.83 bits per heavy atom. The lowest BCUT2D eigenvalue weighted by molar-refractivity contribution is -0.136. The van der Waals surface area contributed by atoms with Crippen molar-refractivity contribution < 1.29 is 14.4 Å². The lowest BCUT2D eigenvalue weighted by Gasteiger charge is -2.32. The Labute approximate surface area is 177 Å². The van der Waals surface area contributed by atoms with E-state index in [1.165, 1.54) is 37.8 Å². The Morgan fingerprint density at radius 3 is 2.57 bits per heavy atom. The number of likely N-dealkylation sites (tertiary alicyclic amines) is 1. The molecule has 1 aromatic carbocycles. The monoisotopic (exact) mass is 410 g/mol. The van der Waals surface area contributed by atoms with Crippen LogP contribution in [0.4, 0.5) is 0 Å². The predicted molar refractivity (Wildman–Crippen MR) is 112 cm³/mol. The summed E-state index contributed by atoms with van der Waals surface area (Å²) in [5.41, 5.74) is 2.89. The first kappa shape index (κ1) is 19.7. The quantitative estimate of drug-likeness (QED) is 0.693. The molecule has 3 fully saturated rings. The van der Waals surface area contributed by atoms with Crippen LogP contribution in [0.15, 0.2) is 18.2 Å². The molecule has 1 aromatic rings. The zero-order valence-electron chi connectivity index (χ0n) is 17.4. The highest BCUT2D eigenvalue weighted by atomic mass is 16.2. The number of fused-ring (bicyclic) bond motifs is 1. The molecule has 1 atom stereocenters. The van der Waals surface area contributed by atoms with E-state index in [1.807, 2.05) is 12.1 Å². The Bertz CT molecular complexity index is 858. The minimum absolute atomic E-state index is 0.103. The second kappa shape index (κ2) is 8.12. The highest BCUT2D eigenvalue weighted by Gasteiger charge is 2.39. The first-order valence-corrected chi connectivity index (χ1v) is 11.3. The normalized spacial score (nSPS) is 25.5. The van der Waals surface area contributed by atoms with Gasteiger partial charge in [0, 0.05) is 31.1 Å². The van der Waals surface area contributed by atoms with E-state index >= 15 is 0 Å². The number of imide groups is 1. The number of rotatable bonds is 6. The molecule has 0 bridgehead atoms. The maximum absolute atomic E-state index is 12.8. The minimum atomic E-state index is -0.548. The average Bonchev–Trinajstić information content (AvgIpc) is 3.51. The smallest absolute Gasteiger partial charge is 0.255 e. The number of carbonyl (C=O) groups excluding carboxylic acids is 3. The molecule has 3 heterocycles. The molecule has 2 N–H and O–H groups in total. The first-order chi connectivity index (χ1) is 14.6. The van der Waals surface area contributed by atoms with Crippen molar-refractivity contribution in [1.29, 1.82) is 0 Å². The third-order valence-corrected chi connectivity index (χ3v) is 6.97. The van der Waals surface area contributed by atoms with Gasteiger partial charge < -0.3 is 10.2 Å². The number of hydrogen-bond donors (Lipinski definition) is 2. The molecule has 7 heteroatoms. The van der Waals surface area contributed by atoms with Crippen LogP contribution in [0.2, 0.25) is 0 Å². The molecule has 1 saturated carbocycles. The number of hydrogen-bond acceptors (Lipinski definition) is 5. The van der Waals surface area contributed by atoms with Crippen molar-refractivity contribution in [2.24, 2.45) is 5.92 Å². The molecule has 0 spiro atoms. The Hall–Kier alpha value is -2.25. The van der Waals surface area contributed by atoms with Crippen molar-refractivity contribution in [2.75, 3.05) is 19.6 Å². The van der Waals surface area contributed by atoms with E-state index in [-0.39, 0.29) is 24.1 Å². The van der Waals surface area contributed by atoms with E-state index in [0.717, 1.165) is 31.1 Å². The summed E-state index contributed by atoms with van der Waals surface area (Å²) in [6.45, 7) is 4.73. The molecule has 4 aliphatic rings. The van der Waals surface area contributed by atoms with Gasteiger partial charge in [-0.1, -0.05) is 12.1 Å². The van der Waals surface area contributed by atoms with Gasteiger partial charge in [-0.05, 0) is 74.8 Å². The number of carbonyl (C=O) groups is 3. The first-order valence-electron chi connectivity index (χ1n) is 11.3. The summed E-state index contributed by atoms with van der Waals surface area (Å²) < 4.78 is 0. The largest absolute Gasteiger partial charge is 0.322 e. The molecule has 30 heavy (non-hydrogen) atoms. The van der Waals surface area contributed by atoms with E-state index in [0.29, 0.717) is 24.6 Å². The molecule has 7 nitrogen and oxygen atoms in total. The molecule has 160 valence electrons. The molecule has 5 rings (SSSR count). The molecular formula is C23H30N4O3. The maximum atomic E-state index is 12.8. The van der Waals surface area contributed by atoms with Crippen molar-refractivity contribution in [1.82, 2.24) is 20.4 Å². The fourth-order valence-corrected chi connectivity index (χ4v) is 4.93. The fraction of sp³-hybridized carbons (Fsp3) is 0.609.